The lowest BCUT2D eigenvalue weighted by Gasteiger charge is -2.24. The lowest BCUT2D eigenvalue weighted by Crippen LogP contribution is -2.31. The molecule has 2 atom stereocenters. The van der Waals surface area contributed by atoms with Crippen LogP contribution in [0.1, 0.15) is 29.9 Å². The van der Waals surface area contributed by atoms with Gasteiger partial charge in [-0.15, -0.1) is 11.3 Å². The third-order valence-electron chi connectivity index (χ3n) is 3.12. The van der Waals surface area contributed by atoms with Gasteiger partial charge in [-0.2, -0.15) is 0 Å². The van der Waals surface area contributed by atoms with E-state index in [0.717, 1.165) is 11.3 Å². The molecule has 0 saturated heterocycles. The van der Waals surface area contributed by atoms with E-state index in [2.05, 4.69) is 19.9 Å². The predicted octanol–water partition coefficient (Wildman–Crippen LogP) is 5.22. The summed E-state index contributed by atoms with van der Waals surface area (Å²) >= 11 is 13.7. The smallest absolute Gasteiger partial charge is 0.148 e. The number of ether oxygens (including phenoxy) is 1. The van der Waals surface area contributed by atoms with Crippen LogP contribution in [0.2, 0.25) is 10.0 Å². The van der Waals surface area contributed by atoms with Gasteiger partial charge in [-0.05, 0) is 48.6 Å². The van der Waals surface area contributed by atoms with E-state index in [0.29, 0.717) is 15.8 Å². The molecule has 2 N–H and O–H groups in total. The van der Waals surface area contributed by atoms with Gasteiger partial charge >= 0.3 is 0 Å². The molecular formula is C15H17Cl2NOS. The molecule has 20 heavy (non-hydrogen) atoms. The number of hydrogen-bond donors (Lipinski definition) is 1. The van der Waals surface area contributed by atoms with Gasteiger partial charge < -0.3 is 10.5 Å². The van der Waals surface area contributed by atoms with Crippen LogP contribution in [0, 0.1) is 6.92 Å². The van der Waals surface area contributed by atoms with Crippen molar-refractivity contribution in [2.75, 3.05) is 0 Å². The number of benzene rings is 1. The maximum Gasteiger partial charge on any atom is 0.148 e. The Bertz CT molecular complexity index is 565. The number of halogens is 2. The highest BCUT2D eigenvalue weighted by Crippen LogP contribution is 2.33. The summed E-state index contributed by atoms with van der Waals surface area (Å²) in [7, 11) is 0. The molecule has 0 aliphatic carbocycles. The summed E-state index contributed by atoms with van der Waals surface area (Å²) in [5.41, 5.74) is 7.41. The SMILES string of the molecule is CCC(N)C(Oc1cc(Cl)cc(Cl)c1)c1sccc1C. The normalized spacial score (nSPS) is 14.1. The maximum absolute atomic E-state index is 6.22. The lowest BCUT2D eigenvalue weighted by molar-refractivity contribution is 0.174. The molecule has 0 spiro atoms. The van der Waals surface area contributed by atoms with E-state index in [-0.39, 0.29) is 12.1 Å². The number of aryl methyl sites for hydroxylation is 1. The Kier molecular flexibility index (Phi) is 5.33. The van der Waals surface area contributed by atoms with Gasteiger partial charge in [-0.1, -0.05) is 30.1 Å². The van der Waals surface area contributed by atoms with Gasteiger partial charge in [0.05, 0.1) is 0 Å². The molecule has 0 aliphatic rings. The van der Waals surface area contributed by atoms with Gasteiger partial charge in [0, 0.05) is 21.0 Å². The summed E-state index contributed by atoms with van der Waals surface area (Å²) in [5.74, 6) is 0.643. The van der Waals surface area contributed by atoms with Gasteiger partial charge in [0.2, 0.25) is 0 Å². The largest absolute Gasteiger partial charge is 0.483 e. The van der Waals surface area contributed by atoms with Crippen LogP contribution < -0.4 is 10.5 Å². The molecule has 2 unspecified atom stereocenters. The van der Waals surface area contributed by atoms with E-state index >= 15 is 0 Å². The summed E-state index contributed by atoms with van der Waals surface area (Å²) in [6, 6.07) is 7.19. The van der Waals surface area contributed by atoms with E-state index in [1.54, 1.807) is 29.5 Å². The van der Waals surface area contributed by atoms with E-state index in [4.69, 9.17) is 33.7 Å². The highest BCUT2D eigenvalue weighted by Gasteiger charge is 2.23. The molecule has 0 aliphatic heterocycles. The van der Waals surface area contributed by atoms with Gasteiger partial charge in [-0.3, -0.25) is 0 Å². The zero-order valence-electron chi connectivity index (χ0n) is 11.4. The average molecular weight is 330 g/mol. The van der Waals surface area contributed by atoms with Crippen molar-refractivity contribution in [3.05, 3.63) is 50.1 Å². The van der Waals surface area contributed by atoms with E-state index in [1.165, 1.54) is 5.56 Å². The minimum atomic E-state index is -0.186. The summed E-state index contributed by atoms with van der Waals surface area (Å²) in [4.78, 5) is 1.15. The number of nitrogens with two attached hydrogens (primary N) is 1. The van der Waals surface area contributed by atoms with Crippen LogP contribution >= 0.6 is 34.5 Å². The van der Waals surface area contributed by atoms with E-state index in [1.807, 2.05) is 5.38 Å². The zero-order valence-corrected chi connectivity index (χ0v) is 13.7. The van der Waals surface area contributed by atoms with Crippen molar-refractivity contribution < 1.29 is 4.74 Å². The first-order valence-corrected chi connectivity index (χ1v) is 8.07. The number of thiophene rings is 1. The molecule has 1 heterocycles. The fraction of sp³-hybridized carbons (Fsp3) is 0.333. The Morgan fingerprint density at radius 3 is 2.40 bits per heavy atom. The molecular weight excluding hydrogens is 313 g/mol. The lowest BCUT2D eigenvalue weighted by atomic mass is 10.1. The molecule has 0 bridgehead atoms. The van der Waals surface area contributed by atoms with Crippen LogP contribution in [0.5, 0.6) is 5.75 Å². The van der Waals surface area contributed by atoms with Crippen LogP contribution in [0.3, 0.4) is 0 Å². The summed E-state index contributed by atoms with van der Waals surface area (Å²) < 4.78 is 6.07. The van der Waals surface area contributed by atoms with Crippen molar-refractivity contribution in [2.24, 2.45) is 5.73 Å². The quantitative estimate of drug-likeness (QED) is 0.815. The van der Waals surface area contributed by atoms with Crippen molar-refractivity contribution in [3.63, 3.8) is 0 Å². The van der Waals surface area contributed by atoms with Gasteiger partial charge in [0.25, 0.3) is 0 Å². The Balaban J connectivity index is 2.31. The molecule has 5 heteroatoms. The Hall–Kier alpha value is -0.740. The minimum absolute atomic E-state index is 0.0786. The molecule has 2 nitrogen and oxygen atoms in total. The maximum atomic E-state index is 6.22. The third-order valence-corrected chi connectivity index (χ3v) is 4.64. The standard InChI is InChI=1S/C15H17Cl2NOS/c1-3-13(18)14(15-9(2)4-5-20-15)19-12-7-10(16)6-11(17)8-12/h4-8,13-14H,3,18H2,1-2H3. The van der Waals surface area contributed by atoms with Crippen LogP contribution in [0.4, 0.5) is 0 Å². The van der Waals surface area contributed by atoms with Crippen molar-refractivity contribution >= 4 is 34.5 Å². The molecule has 2 rings (SSSR count). The summed E-state index contributed by atoms with van der Waals surface area (Å²) in [5, 5.41) is 3.16. The third kappa shape index (κ3) is 3.67. The molecule has 0 fully saturated rings. The molecule has 108 valence electrons. The number of hydrogen-bond acceptors (Lipinski definition) is 3. The van der Waals surface area contributed by atoms with Gasteiger partial charge in [0.1, 0.15) is 11.9 Å². The van der Waals surface area contributed by atoms with Crippen molar-refractivity contribution in [1.29, 1.82) is 0 Å². The second kappa shape index (κ2) is 6.81. The molecule has 0 radical (unpaired) electrons. The zero-order chi connectivity index (χ0) is 14.7. The highest BCUT2D eigenvalue weighted by atomic mass is 35.5. The van der Waals surface area contributed by atoms with Crippen LogP contribution in [0.25, 0.3) is 0 Å². The van der Waals surface area contributed by atoms with Crippen LogP contribution in [0.15, 0.2) is 29.6 Å². The summed E-state index contributed by atoms with van der Waals surface area (Å²) in [6.07, 6.45) is 0.644. The van der Waals surface area contributed by atoms with Crippen LogP contribution in [-0.2, 0) is 0 Å². The molecule has 0 saturated carbocycles. The first-order valence-electron chi connectivity index (χ1n) is 6.43. The topological polar surface area (TPSA) is 35.2 Å². The summed E-state index contributed by atoms with van der Waals surface area (Å²) in [6.45, 7) is 4.12. The second-order valence-corrected chi connectivity index (χ2v) is 6.50. The minimum Gasteiger partial charge on any atom is -0.483 e. The van der Waals surface area contributed by atoms with E-state index < -0.39 is 0 Å². The van der Waals surface area contributed by atoms with Crippen molar-refractivity contribution in [1.82, 2.24) is 0 Å². The fourth-order valence-electron chi connectivity index (χ4n) is 1.97. The Morgan fingerprint density at radius 1 is 1.25 bits per heavy atom. The molecule has 1 aromatic heterocycles. The monoisotopic (exact) mass is 329 g/mol. The second-order valence-electron chi connectivity index (χ2n) is 4.68. The van der Waals surface area contributed by atoms with E-state index in [9.17, 15) is 0 Å². The van der Waals surface area contributed by atoms with Gasteiger partial charge in [-0.25, -0.2) is 0 Å². The fourth-order valence-corrected chi connectivity index (χ4v) is 3.50. The van der Waals surface area contributed by atoms with Crippen molar-refractivity contribution in [2.45, 2.75) is 32.4 Å². The Labute approximate surface area is 133 Å². The average Bonchev–Trinajstić information content (AvgIpc) is 2.80. The van der Waals surface area contributed by atoms with Gasteiger partial charge in [0.15, 0.2) is 0 Å². The molecule has 2 aromatic rings. The number of rotatable bonds is 5. The first kappa shape index (κ1) is 15.6. The predicted molar refractivity (Wildman–Crippen MR) is 87.2 cm³/mol. The highest BCUT2D eigenvalue weighted by molar-refractivity contribution is 7.10. The molecule has 1 aromatic carbocycles. The van der Waals surface area contributed by atoms with Crippen molar-refractivity contribution in [3.8, 4) is 5.75 Å². The first-order chi connectivity index (χ1) is 9.51. The Morgan fingerprint density at radius 2 is 1.90 bits per heavy atom. The van der Waals surface area contributed by atoms with Crippen LogP contribution in [-0.4, -0.2) is 6.04 Å². The molecule has 0 amide bonds.